The number of nitrogens with one attached hydrogen (secondary N) is 1. The molecule has 3 N–H and O–H groups in total. The Morgan fingerprint density at radius 3 is 2.71 bits per heavy atom. The van der Waals surface area contributed by atoms with Gasteiger partial charge < -0.3 is 11.1 Å². The minimum atomic E-state index is -0.0634. The van der Waals surface area contributed by atoms with Crippen molar-refractivity contribution in [1.82, 2.24) is 5.32 Å². The van der Waals surface area contributed by atoms with Crippen molar-refractivity contribution >= 4 is 21.8 Å². The lowest BCUT2D eigenvalue weighted by Gasteiger charge is -2.16. The van der Waals surface area contributed by atoms with Gasteiger partial charge >= 0.3 is 0 Å². The summed E-state index contributed by atoms with van der Waals surface area (Å²) >= 11 is 3.45. The molecule has 0 fully saturated rings. The summed E-state index contributed by atoms with van der Waals surface area (Å²) in [7, 11) is 0. The van der Waals surface area contributed by atoms with Gasteiger partial charge in [-0.15, -0.1) is 0 Å². The largest absolute Gasteiger partial charge is 0.346 e. The van der Waals surface area contributed by atoms with E-state index >= 15 is 0 Å². The molecule has 2 rings (SSSR count). The molecular weight excluding hydrogens is 328 g/mol. The van der Waals surface area contributed by atoms with Crippen LogP contribution in [0.4, 0.5) is 0 Å². The fraction of sp³-hybridized carbons (Fsp3) is 0.235. The maximum Gasteiger partial charge on any atom is 0.252 e. The summed E-state index contributed by atoms with van der Waals surface area (Å²) in [5.41, 5.74) is 8.35. The Hall–Kier alpha value is -1.65. The van der Waals surface area contributed by atoms with Crippen LogP contribution in [0.5, 0.6) is 0 Å². The molecule has 0 saturated heterocycles. The van der Waals surface area contributed by atoms with Crippen LogP contribution in [-0.4, -0.2) is 12.5 Å². The van der Waals surface area contributed by atoms with Gasteiger partial charge in [0, 0.05) is 10.0 Å². The number of hydrogen-bond acceptors (Lipinski definition) is 2. The Bertz CT molecular complexity index is 628. The highest BCUT2D eigenvalue weighted by molar-refractivity contribution is 9.10. The van der Waals surface area contributed by atoms with E-state index in [-0.39, 0.29) is 11.9 Å². The number of carbonyl (C=O) groups excluding carboxylic acids is 1. The first-order valence-electron chi connectivity index (χ1n) is 6.96. The summed E-state index contributed by atoms with van der Waals surface area (Å²) in [6, 6.07) is 15.5. The van der Waals surface area contributed by atoms with Gasteiger partial charge in [0.25, 0.3) is 5.91 Å². The zero-order valence-electron chi connectivity index (χ0n) is 12.0. The summed E-state index contributed by atoms with van der Waals surface area (Å²) < 4.78 is 1.00. The van der Waals surface area contributed by atoms with E-state index in [0.717, 1.165) is 15.6 Å². The zero-order chi connectivity index (χ0) is 15.2. The predicted molar refractivity (Wildman–Crippen MR) is 89.2 cm³/mol. The number of rotatable bonds is 5. The van der Waals surface area contributed by atoms with Crippen molar-refractivity contribution < 1.29 is 4.79 Å². The van der Waals surface area contributed by atoms with E-state index in [1.54, 1.807) is 0 Å². The molecule has 0 aromatic heterocycles. The molecule has 2 aromatic carbocycles. The summed E-state index contributed by atoms with van der Waals surface area (Å²) in [6.07, 6.45) is 0.703. The van der Waals surface area contributed by atoms with Gasteiger partial charge in [-0.2, -0.15) is 0 Å². The quantitative estimate of drug-likeness (QED) is 0.871. The van der Waals surface area contributed by atoms with Crippen LogP contribution in [0.2, 0.25) is 0 Å². The number of benzene rings is 2. The summed E-state index contributed by atoms with van der Waals surface area (Å²) in [6.45, 7) is 2.51. The van der Waals surface area contributed by atoms with Crippen LogP contribution in [0.15, 0.2) is 53.0 Å². The molecule has 1 unspecified atom stereocenters. The Morgan fingerprint density at radius 1 is 1.24 bits per heavy atom. The number of amides is 1. The first kappa shape index (κ1) is 15.7. The lowest BCUT2D eigenvalue weighted by Crippen LogP contribution is -2.27. The van der Waals surface area contributed by atoms with Crippen LogP contribution in [0.1, 0.15) is 34.5 Å². The second-order valence-electron chi connectivity index (χ2n) is 4.95. The topological polar surface area (TPSA) is 55.1 Å². The van der Waals surface area contributed by atoms with E-state index in [0.29, 0.717) is 18.5 Å². The van der Waals surface area contributed by atoms with Gasteiger partial charge in [0.1, 0.15) is 0 Å². The van der Waals surface area contributed by atoms with Crippen LogP contribution in [0.25, 0.3) is 0 Å². The molecule has 21 heavy (non-hydrogen) atoms. The number of halogens is 1. The molecule has 110 valence electrons. The van der Waals surface area contributed by atoms with Crippen molar-refractivity contribution in [2.75, 3.05) is 6.54 Å². The highest BCUT2D eigenvalue weighted by Crippen LogP contribution is 2.19. The van der Waals surface area contributed by atoms with Crippen molar-refractivity contribution in [3.05, 3.63) is 69.7 Å². The minimum absolute atomic E-state index is 0.0547. The third kappa shape index (κ3) is 4.16. The average molecular weight is 347 g/mol. The van der Waals surface area contributed by atoms with Gasteiger partial charge in [0.2, 0.25) is 0 Å². The molecule has 0 aliphatic carbocycles. The number of hydrogen-bond donors (Lipinski definition) is 2. The normalized spacial score (nSPS) is 12.0. The second kappa shape index (κ2) is 7.38. The van der Waals surface area contributed by atoms with E-state index in [1.807, 2.05) is 55.5 Å². The van der Waals surface area contributed by atoms with Crippen LogP contribution < -0.4 is 11.1 Å². The lowest BCUT2D eigenvalue weighted by atomic mass is 10.0. The van der Waals surface area contributed by atoms with E-state index in [9.17, 15) is 4.79 Å². The molecule has 0 saturated carbocycles. The zero-order valence-corrected chi connectivity index (χ0v) is 13.6. The third-order valence-corrected chi connectivity index (χ3v) is 3.87. The standard InChI is InChI=1S/C17H19BrN2O/c1-12(14-6-4-7-15(18)11-14)20-17(21)16-8-3-2-5-13(16)9-10-19/h2-8,11-12H,9-10,19H2,1H3,(H,20,21). The van der Waals surface area contributed by atoms with Gasteiger partial charge in [0.05, 0.1) is 6.04 Å². The maximum atomic E-state index is 12.4. The van der Waals surface area contributed by atoms with Crippen molar-refractivity contribution in [2.45, 2.75) is 19.4 Å². The molecule has 2 aromatic rings. The molecule has 4 heteroatoms. The van der Waals surface area contributed by atoms with Gasteiger partial charge in [-0.1, -0.05) is 46.3 Å². The van der Waals surface area contributed by atoms with E-state index in [1.165, 1.54) is 0 Å². The van der Waals surface area contributed by atoms with Gasteiger partial charge in [0.15, 0.2) is 0 Å². The molecule has 1 amide bonds. The summed E-state index contributed by atoms with van der Waals surface area (Å²) in [4.78, 5) is 12.4. The lowest BCUT2D eigenvalue weighted by molar-refractivity contribution is 0.0939. The smallest absolute Gasteiger partial charge is 0.252 e. The van der Waals surface area contributed by atoms with Crippen molar-refractivity contribution in [2.24, 2.45) is 5.73 Å². The van der Waals surface area contributed by atoms with E-state index in [2.05, 4.69) is 21.2 Å². The molecular formula is C17H19BrN2O. The Balaban J connectivity index is 2.14. The minimum Gasteiger partial charge on any atom is -0.346 e. The van der Waals surface area contributed by atoms with Crippen molar-refractivity contribution in [3.63, 3.8) is 0 Å². The SMILES string of the molecule is CC(NC(=O)c1ccccc1CCN)c1cccc(Br)c1. The van der Waals surface area contributed by atoms with E-state index < -0.39 is 0 Å². The number of carbonyl (C=O) groups is 1. The van der Waals surface area contributed by atoms with Gasteiger partial charge in [-0.05, 0) is 49.2 Å². The fourth-order valence-corrected chi connectivity index (χ4v) is 2.67. The van der Waals surface area contributed by atoms with Crippen molar-refractivity contribution in [1.29, 1.82) is 0 Å². The first-order valence-corrected chi connectivity index (χ1v) is 7.75. The van der Waals surface area contributed by atoms with Crippen LogP contribution >= 0.6 is 15.9 Å². The molecule has 1 atom stereocenters. The van der Waals surface area contributed by atoms with Crippen molar-refractivity contribution in [3.8, 4) is 0 Å². The highest BCUT2D eigenvalue weighted by atomic mass is 79.9. The Kier molecular flexibility index (Phi) is 5.53. The Morgan fingerprint density at radius 2 is 2.00 bits per heavy atom. The summed E-state index contributed by atoms with van der Waals surface area (Å²) in [5.74, 6) is -0.0634. The third-order valence-electron chi connectivity index (χ3n) is 3.37. The summed E-state index contributed by atoms with van der Waals surface area (Å²) in [5, 5.41) is 3.04. The van der Waals surface area contributed by atoms with Crippen LogP contribution in [0.3, 0.4) is 0 Å². The second-order valence-corrected chi connectivity index (χ2v) is 5.86. The van der Waals surface area contributed by atoms with Gasteiger partial charge in [-0.25, -0.2) is 0 Å². The number of nitrogens with two attached hydrogens (primary N) is 1. The molecule has 0 heterocycles. The van der Waals surface area contributed by atoms with Crippen LogP contribution in [-0.2, 0) is 6.42 Å². The highest BCUT2D eigenvalue weighted by Gasteiger charge is 2.14. The Labute approximate surface area is 133 Å². The first-order chi connectivity index (χ1) is 10.1. The molecule has 3 nitrogen and oxygen atoms in total. The molecule has 0 aliphatic rings. The monoisotopic (exact) mass is 346 g/mol. The molecule has 0 spiro atoms. The maximum absolute atomic E-state index is 12.4. The van der Waals surface area contributed by atoms with E-state index in [4.69, 9.17) is 5.73 Å². The predicted octanol–water partition coefficient (Wildman–Crippen LogP) is 3.44. The average Bonchev–Trinajstić information content (AvgIpc) is 2.48. The molecule has 0 aliphatic heterocycles. The fourth-order valence-electron chi connectivity index (χ4n) is 2.25. The van der Waals surface area contributed by atoms with Crippen LogP contribution in [0, 0.1) is 0 Å². The van der Waals surface area contributed by atoms with Gasteiger partial charge in [-0.3, -0.25) is 4.79 Å². The molecule has 0 radical (unpaired) electrons. The molecule has 0 bridgehead atoms.